The van der Waals surface area contributed by atoms with Gasteiger partial charge in [0.05, 0.1) is 23.2 Å². The van der Waals surface area contributed by atoms with Crippen LogP contribution in [0.3, 0.4) is 0 Å². The smallest absolute Gasteiger partial charge is 0.0998 e. The van der Waals surface area contributed by atoms with Gasteiger partial charge >= 0.3 is 0 Å². The molecule has 0 N–H and O–H groups in total. The molecule has 8 aromatic carbocycles. The number of allylic oxidation sites excluding steroid dienone is 1. The van der Waals surface area contributed by atoms with E-state index >= 15 is 0 Å². The Balaban J connectivity index is 1.24. The van der Waals surface area contributed by atoms with Crippen LogP contribution in [0.5, 0.6) is 0 Å². The predicted molar refractivity (Wildman–Crippen MR) is 219 cm³/mol. The Bertz CT molecular complexity index is 3060. The molecule has 0 saturated carbocycles. The van der Waals surface area contributed by atoms with Gasteiger partial charge in [0.15, 0.2) is 0 Å². The van der Waals surface area contributed by atoms with Gasteiger partial charge in [0, 0.05) is 38.7 Å². The minimum absolute atomic E-state index is 0.645. The Hall–Kier alpha value is -7.20. The molecule has 246 valence electrons. The first kappa shape index (κ1) is 30.6. The van der Waals surface area contributed by atoms with Gasteiger partial charge in [0.1, 0.15) is 0 Å². The number of nitrogens with zero attached hydrogens (tertiary/aromatic N) is 3. The molecule has 0 unspecified atom stereocenters. The first-order valence-electron chi connectivity index (χ1n) is 18.0. The molecule has 1 aromatic heterocycles. The first-order valence-corrected chi connectivity index (χ1v) is 18.0. The van der Waals surface area contributed by atoms with Gasteiger partial charge in [-0.25, -0.2) is 0 Å². The molecule has 1 aliphatic carbocycles. The molecule has 0 fully saturated rings. The Morgan fingerprint density at radius 1 is 0.434 bits per heavy atom. The highest BCUT2D eigenvalue weighted by atomic mass is 15.0. The minimum atomic E-state index is 0.645. The summed E-state index contributed by atoms with van der Waals surface area (Å²) in [5.74, 6) is 0. The van der Waals surface area contributed by atoms with Crippen LogP contribution in [-0.4, -0.2) is 4.57 Å². The lowest BCUT2D eigenvalue weighted by molar-refractivity contribution is 0.872. The van der Waals surface area contributed by atoms with E-state index in [4.69, 9.17) is 0 Å². The summed E-state index contributed by atoms with van der Waals surface area (Å²) in [6.45, 7) is 0. The van der Waals surface area contributed by atoms with Crippen LogP contribution < -0.4 is 0 Å². The van der Waals surface area contributed by atoms with Crippen molar-refractivity contribution in [3.63, 3.8) is 0 Å². The van der Waals surface area contributed by atoms with Crippen molar-refractivity contribution >= 4 is 49.3 Å². The first-order chi connectivity index (χ1) is 26.2. The molecule has 10 rings (SSSR count). The standard InChI is InChI=1S/C50H31N3/c51-30-32-22-25-47-44(26-32)46-29-37(31-52)39-18-7-10-21-43(39)50(46)53(47)38-17-11-16-35(27-38)36-23-24-42-45(28-36)49(34-14-5-2-6-15-34)41-20-9-8-19-40(41)48(42)33-12-3-1-4-13-33/h1-21,23-24,26-29H,22,25H2. The van der Waals surface area contributed by atoms with Crippen molar-refractivity contribution in [1.82, 2.24) is 4.57 Å². The number of hydrogen-bond acceptors (Lipinski definition) is 2. The molecule has 3 heteroatoms. The van der Waals surface area contributed by atoms with Crippen molar-refractivity contribution in [2.75, 3.05) is 0 Å². The van der Waals surface area contributed by atoms with Crippen LogP contribution in [0.4, 0.5) is 0 Å². The van der Waals surface area contributed by atoms with Crippen LogP contribution in [0.15, 0.2) is 163 Å². The monoisotopic (exact) mass is 673 g/mol. The third-order valence-corrected chi connectivity index (χ3v) is 10.9. The maximum absolute atomic E-state index is 10.2. The molecule has 1 heterocycles. The van der Waals surface area contributed by atoms with E-state index in [1.807, 2.05) is 30.3 Å². The van der Waals surface area contributed by atoms with Crippen LogP contribution in [0.2, 0.25) is 0 Å². The number of hydrogen-bond donors (Lipinski definition) is 0. The van der Waals surface area contributed by atoms with E-state index in [0.29, 0.717) is 12.0 Å². The predicted octanol–water partition coefficient (Wildman–Crippen LogP) is 12.8. The van der Waals surface area contributed by atoms with Gasteiger partial charge in [-0.3, -0.25) is 0 Å². The fourth-order valence-electron chi connectivity index (χ4n) is 8.60. The zero-order valence-corrected chi connectivity index (χ0v) is 28.8. The highest BCUT2D eigenvalue weighted by molar-refractivity contribution is 6.22. The number of aromatic nitrogens is 1. The second-order valence-corrected chi connectivity index (χ2v) is 13.8. The molecular formula is C50H31N3. The normalized spacial score (nSPS) is 12.5. The second-order valence-electron chi connectivity index (χ2n) is 13.8. The largest absolute Gasteiger partial charge is 0.312 e. The van der Waals surface area contributed by atoms with E-state index in [1.165, 1.54) is 49.5 Å². The lowest BCUT2D eigenvalue weighted by Crippen LogP contribution is -2.05. The van der Waals surface area contributed by atoms with Crippen LogP contribution in [0, 0.1) is 22.7 Å². The summed E-state index contributed by atoms with van der Waals surface area (Å²) in [7, 11) is 0. The molecule has 53 heavy (non-hydrogen) atoms. The van der Waals surface area contributed by atoms with E-state index in [1.54, 1.807) is 0 Å². The maximum Gasteiger partial charge on any atom is 0.0998 e. The van der Waals surface area contributed by atoms with Gasteiger partial charge in [-0.2, -0.15) is 10.5 Å². The summed E-state index contributed by atoms with van der Waals surface area (Å²) in [6, 6.07) is 61.0. The topological polar surface area (TPSA) is 52.5 Å². The van der Waals surface area contributed by atoms with Gasteiger partial charge < -0.3 is 4.57 Å². The van der Waals surface area contributed by atoms with Gasteiger partial charge in [-0.15, -0.1) is 0 Å². The molecule has 1 aliphatic rings. The Morgan fingerprint density at radius 2 is 1.02 bits per heavy atom. The number of benzene rings is 8. The highest BCUT2D eigenvalue weighted by Gasteiger charge is 2.24. The van der Waals surface area contributed by atoms with Gasteiger partial charge in [-0.1, -0.05) is 133 Å². The van der Waals surface area contributed by atoms with Crippen molar-refractivity contribution in [2.45, 2.75) is 12.8 Å². The third kappa shape index (κ3) is 4.80. The number of fused-ring (bicyclic) bond motifs is 7. The van der Waals surface area contributed by atoms with Crippen LogP contribution in [0.25, 0.3) is 88.4 Å². The molecule has 0 saturated heterocycles. The second kappa shape index (κ2) is 12.2. The fourth-order valence-corrected chi connectivity index (χ4v) is 8.60. The van der Waals surface area contributed by atoms with Gasteiger partial charge in [0.25, 0.3) is 0 Å². The third-order valence-electron chi connectivity index (χ3n) is 10.9. The average molecular weight is 674 g/mol. The highest BCUT2D eigenvalue weighted by Crippen LogP contribution is 2.45. The molecule has 0 bridgehead atoms. The molecule has 0 spiro atoms. The van der Waals surface area contributed by atoms with E-state index < -0.39 is 0 Å². The van der Waals surface area contributed by atoms with E-state index in [9.17, 15) is 10.5 Å². The molecule has 0 radical (unpaired) electrons. The van der Waals surface area contributed by atoms with Crippen LogP contribution in [-0.2, 0) is 6.42 Å². The summed E-state index contributed by atoms with van der Waals surface area (Å²) < 4.78 is 2.37. The molecular weight excluding hydrogens is 643 g/mol. The molecule has 0 aliphatic heterocycles. The quantitative estimate of drug-likeness (QED) is 0.175. The Labute approximate surface area is 307 Å². The lowest BCUT2D eigenvalue weighted by Gasteiger charge is -2.19. The number of nitriles is 2. The van der Waals surface area contributed by atoms with E-state index in [0.717, 1.165) is 56.0 Å². The number of rotatable bonds is 4. The van der Waals surface area contributed by atoms with Crippen molar-refractivity contribution in [1.29, 1.82) is 10.5 Å². The SMILES string of the molecule is N#CC1=Cc2c(n(-c3cccc(-c4ccc5c(-c6ccccc6)c6ccccc6c(-c6ccccc6)c5c4)c3)c3c2cc(C#N)c2ccccc23)CC1. The molecule has 0 atom stereocenters. The fraction of sp³-hybridized carbons (Fsp3) is 0.0400. The van der Waals surface area contributed by atoms with Crippen LogP contribution in [0.1, 0.15) is 23.2 Å². The summed E-state index contributed by atoms with van der Waals surface area (Å²) in [5, 5.41) is 27.9. The van der Waals surface area contributed by atoms with Crippen molar-refractivity contribution in [3.8, 4) is 51.2 Å². The van der Waals surface area contributed by atoms with E-state index in [-0.39, 0.29) is 0 Å². The van der Waals surface area contributed by atoms with E-state index in [2.05, 4.69) is 150 Å². The van der Waals surface area contributed by atoms with Crippen molar-refractivity contribution in [3.05, 3.63) is 180 Å². The minimum Gasteiger partial charge on any atom is -0.312 e. The maximum atomic E-state index is 10.2. The summed E-state index contributed by atoms with van der Waals surface area (Å²) in [6.07, 6.45) is 3.46. The summed E-state index contributed by atoms with van der Waals surface area (Å²) >= 11 is 0. The van der Waals surface area contributed by atoms with Crippen molar-refractivity contribution in [2.24, 2.45) is 0 Å². The Morgan fingerprint density at radius 3 is 1.70 bits per heavy atom. The molecule has 9 aromatic rings. The lowest BCUT2D eigenvalue weighted by atomic mass is 9.85. The van der Waals surface area contributed by atoms with Gasteiger partial charge in [-0.05, 0) is 98.1 Å². The average Bonchev–Trinajstić information content (AvgIpc) is 3.56. The summed E-state index contributed by atoms with van der Waals surface area (Å²) in [5.41, 5.74) is 12.9. The zero-order chi connectivity index (χ0) is 35.5. The van der Waals surface area contributed by atoms with Crippen molar-refractivity contribution < 1.29 is 0 Å². The Kier molecular flexibility index (Phi) is 7.07. The van der Waals surface area contributed by atoms with Gasteiger partial charge in [0.2, 0.25) is 0 Å². The zero-order valence-electron chi connectivity index (χ0n) is 28.8. The molecule has 3 nitrogen and oxygen atoms in total. The summed E-state index contributed by atoms with van der Waals surface area (Å²) in [4.78, 5) is 0. The molecule has 0 amide bonds. The van der Waals surface area contributed by atoms with Crippen LogP contribution >= 0.6 is 0 Å².